The maximum absolute atomic E-state index is 8.75. The van der Waals surface area contributed by atoms with E-state index in [1.54, 1.807) is 60.7 Å². The van der Waals surface area contributed by atoms with Gasteiger partial charge in [0.2, 0.25) is 0 Å². The smallest absolute Gasteiger partial charge is 0.272 e. The summed E-state index contributed by atoms with van der Waals surface area (Å²) >= 11 is 0. The second-order valence-electron chi connectivity index (χ2n) is 5.71. The first-order valence-corrected chi connectivity index (χ1v) is 8.08. The Hall–Kier alpha value is -4.92. The van der Waals surface area contributed by atoms with Gasteiger partial charge in [-0.3, -0.25) is 0 Å². The van der Waals surface area contributed by atoms with Crippen molar-refractivity contribution in [2.75, 3.05) is 0 Å². The zero-order valence-electron chi connectivity index (χ0n) is 14.9. The molecule has 0 aliphatic carbocycles. The van der Waals surface area contributed by atoms with E-state index >= 15 is 0 Å². The van der Waals surface area contributed by atoms with Crippen molar-refractivity contribution in [3.63, 3.8) is 0 Å². The lowest BCUT2D eigenvalue weighted by Crippen LogP contribution is -2.04. The number of nitriles is 6. The van der Waals surface area contributed by atoms with Crippen molar-refractivity contribution in [1.82, 2.24) is 0 Å². The third-order valence-electron chi connectivity index (χ3n) is 3.83. The highest BCUT2D eigenvalue weighted by Crippen LogP contribution is 2.48. The zero-order valence-corrected chi connectivity index (χ0v) is 14.9. The summed E-state index contributed by atoms with van der Waals surface area (Å²) in [5, 5.41) is 51.8. The number of ether oxygens (including phenoxy) is 1. The average Bonchev–Trinajstić information content (AvgIpc) is 3.53. The summed E-state index contributed by atoms with van der Waals surface area (Å²) in [7, 11) is 0. The van der Waals surface area contributed by atoms with Gasteiger partial charge in [0, 0.05) is 0 Å². The lowest BCUT2D eigenvalue weighted by molar-refractivity contribution is 0.369. The molecule has 1 aliphatic rings. The van der Waals surface area contributed by atoms with Gasteiger partial charge < -0.3 is 4.74 Å². The normalized spacial score (nSPS) is 14.5. The number of hydrogen-bond donors (Lipinski definition) is 0. The predicted molar refractivity (Wildman–Crippen MR) is 99.3 cm³/mol. The minimum Gasteiger partial charge on any atom is -0.332 e. The summed E-state index contributed by atoms with van der Waals surface area (Å²) in [4.78, 5) is 0. The minimum atomic E-state index is -1.35. The Morgan fingerprint density at radius 3 is 1.93 bits per heavy atom. The maximum Gasteiger partial charge on any atom is 0.272 e. The van der Waals surface area contributed by atoms with Crippen LogP contribution in [0.1, 0.15) is 28.4 Å². The van der Waals surface area contributed by atoms with E-state index in [4.69, 9.17) is 36.3 Å². The van der Waals surface area contributed by atoms with Gasteiger partial charge in [-0.1, -0.05) is 24.3 Å². The van der Waals surface area contributed by atoms with Crippen LogP contribution >= 0.6 is 0 Å². The molecule has 134 valence electrons. The fourth-order valence-corrected chi connectivity index (χ4v) is 2.38. The molecule has 3 rings (SSSR count). The van der Waals surface area contributed by atoms with Gasteiger partial charge in [0.1, 0.15) is 36.0 Å². The largest absolute Gasteiger partial charge is 0.332 e. The van der Waals surface area contributed by atoms with E-state index < -0.39 is 11.7 Å². The van der Waals surface area contributed by atoms with Crippen molar-refractivity contribution in [1.29, 1.82) is 31.6 Å². The fourth-order valence-electron chi connectivity index (χ4n) is 2.38. The first kappa shape index (κ1) is 20.4. The third-order valence-corrected chi connectivity index (χ3v) is 3.83. The van der Waals surface area contributed by atoms with Crippen molar-refractivity contribution in [3.8, 4) is 36.4 Å². The van der Waals surface area contributed by atoms with Crippen LogP contribution in [0.2, 0.25) is 0 Å². The molecule has 1 heterocycles. The van der Waals surface area contributed by atoms with Crippen LogP contribution in [0.3, 0.4) is 0 Å². The van der Waals surface area contributed by atoms with Crippen LogP contribution < -0.4 is 0 Å². The van der Waals surface area contributed by atoms with Gasteiger partial charge in [-0.05, 0) is 41.5 Å². The van der Waals surface area contributed by atoms with Gasteiger partial charge in [0.25, 0.3) is 5.60 Å². The molecule has 0 amide bonds. The van der Waals surface area contributed by atoms with E-state index in [0.717, 1.165) is 0 Å². The summed E-state index contributed by atoms with van der Waals surface area (Å²) < 4.78 is 5.06. The van der Waals surface area contributed by atoms with Crippen LogP contribution in [-0.4, -0.2) is 5.60 Å². The molecule has 0 aromatic heterocycles. The Balaban J connectivity index is 0.000000208. The second kappa shape index (κ2) is 9.14. The molecule has 29 heavy (non-hydrogen) atoms. The predicted octanol–water partition coefficient (Wildman–Crippen LogP) is 3.40. The van der Waals surface area contributed by atoms with Crippen LogP contribution in [0.4, 0.5) is 0 Å². The molecule has 0 spiro atoms. The summed E-state index contributed by atoms with van der Waals surface area (Å²) in [5.74, 6) is 0. The van der Waals surface area contributed by atoms with Gasteiger partial charge in [0.15, 0.2) is 0 Å². The Labute approximate surface area is 167 Å². The van der Waals surface area contributed by atoms with E-state index in [1.165, 1.54) is 6.08 Å². The number of epoxide rings is 1. The maximum atomic E-state index is 8.75. The SMILES string of the molecule is N#CC(C#N)=Cc1cccc(C#N)c1.N#Cc1cccc(C2OC2(C#N)C#N)c1. The molecule has 7 nitrogen and oxygen atoms in total. The third kappa shape index (κ3) is 4.83. The Morgan fingerprint density at radius 1 is 0.828 bits per heavy atom. The number of allylic oxidation sites excluding steroid dienone is 1. The van der Waals surface area contributed by atoms with Crippen molar-refractivity contribution in [2.24, 2.45) is 0 Å². The van der Waals surface area contributed by atoms with Gasteiger partial charge >= 0.3 is 0 Å². The summed E-state index contributed by atoms with van der Waals surface area (Å²) in [5.41, 5.74) is 1.05. The Kier molecular flexibility index (Phi) is 6.43. The van der Waals surface area contributed by atoms with Crippen molar-refractivity contribution in [3.05, 3.63) is 76.4 Å². The molecular formula is C22H10N6O. The Bertz CT molecular complexity index is 1190. The van der Waals surface area contributed by atoms with Gasteiger partial charge in [0.05, 0.1) is 23.3 Å². The molecule has 2 aromatic rings. The Morgan fingerprint density at radius 2 is 1.41 bits per heavy atom. The number of benzene rings is 2. The van der Waals surface area contributed by atoms with Crippen LogP contribution in [0, 0.1) is 68.0 Å². The summed E-state index contributed by atoms with van der Waals surface area (Å²) in [6, 6.07) is 24.6. The number of nitrogens with zero attached hydrogens (tertiary/aromatic N) is 6. The topological polar surface area (TPSA) is 155 Å². The lowest BCUT2D eigenvalue weighted by Gasteiger charge is -1.95. The molecule has 1 aliphatic heterocycles. The zero-order chi connectivity index (χ0) is 21.3. The van der Waals surface area contributed by atoms with Crippen LogP contribution in [0.25, 0.3) is 6.08 Å². The summed E-state index contributed by atoms with van der Waals surface area (Å²) in [6.07, 6.45) is 0.918. The standard InChI is InChI=1S/C11H5N3O.C11H5N3/c12-5-8-2-1-3-9(4-8)10-11(6-13,7-14)15-10;12-6-10-3-1-2-9(4-10)5-11(7-13)8-14/h1-4,10H;1-5H. The van der Waals surface area contributed by atoms with Crippen LogP contribution in [-0.2, 0) is 4.74 Å². The molecule has 1 saturated heterocycles. The number of rotatable bonds is 2. The molecule has 2 aromatic carbocycles. The van der Waals surface area contributed by atoms with Gasteiger partial charge in [-0.25, -0.2) is 0 Å². The van der Waals surface area contributed by atoms with E-state index in [-0.39, 0.29) is 5.57 Å². The minimum absolute atomic E-state index is 0.0279. The molecule has 0 bridgehead atoms. The monoisotopic (exact) mass is 374 g/mol. The molecule has 7 heteroatoms. The molecule has 0 radical (unpaired) electrons. The molecule has 1 fully saturated rings. The molecule has 1 unspecified atom stereocenters. The van der Waals surface area contributed by atoms with E-state index in [1.807, 2.05) is 24.3 Å². The van der Waals surface area contributed by atoms with E-state index in [0.29, 0.717) is 22.3 Å². The molecule has 0 saturated carbocycles. The van der Waals surface area contributed by atoms with E-state index in [2.05, 4.69) is 0 Å². The highest BCUT2D eigenvalue weighted by Gasteiger charge is 2.59. The van der Waals surface area contributed by atoms with Crippen molar-refractivity contribution < 1.29 is 4.74 Å². The first-order valence-electron chi connectivity index (χ1n) is 8.08. The van der Waals surface area contributed by atoms with Crippen LogP contribution in [0.15, 0.2) is 54.1 Å². The average molecular weight is 374 g/mol. The van der Waals surface area contributed by atoms with Crippen molar-refractivity contribution >= 4 is 6.08 Å². The number of hydrogen-bond acceptors (Lipinski definition) is 7. The van der Waals surface area contributed by atoms with Gasteiger partial charge in [-0.2, -0.15) is 31.6 Å². The van der Waals surface area contributed by atoms with Crippen molar-refractivity contribution in [2.45, 2.75) is 11.7 Å². The van der Waals surface area contributed by atoms with E-state index in [9.17, 15) is 0 Å². The quantitative estimate of drug-likeness (QED) is 0.576. The lowest BCUT2D eigenvalue weighted by atomic mass is 10.0. The molecule has 0 N–H and O–H groups in total. The first-order chi connectivity index (χ1) is 14.0. The summed E-state index contributed by atoms with van der Waals surface area (Å²) in [6.45, 7) is 0. The fraction of sp³-hybridized carbons (Fsp3) is 0.0909. The van der Waals surface area contributed by atoms with Crippen LogP contribution in [0.5, 0.6) is 0 Å². The second-order valence-corrected chi connectivity index (χ2v) is 5.71. The van der Waals surface area contributed by atoms with Gasteiger partial charge in [-0.15, -0.1) is 0 Å². The molecular weight excluding hydrogens is 364 g/mol. The molecule has 1 atom stereocenters. The highest BCUT2D eigenvalue weighted by molar-refractivity contribution is 5.62. The highest BCUT2D eigenvalue weighted by atomic mass is 16.6.